The molecule has 0 saturated carbocycles. The highest BCUT2D eigenvalue weighted by Crippen LogP contribution is 2.24. The molecule has 0 amide bonds. The zero-order valence-corrected chi connectivity index (χ0v) is 12.5. The highest BCUT2D eigenvalue weighted by Gasteiger charge is 2.02. The molecule has 0 atom stereocenters. The molecular weight excluding hydrogens is 360 g/mol. The van der Waals surface area contributed by atoms with E-state index < -0.39 is 0 Å². The lowest BCUT2D eigenvalue weighted by molar-refractivity contribution is 1.28. The van der Waals surface area contributed by atoms with Crippen LogP contribution in [-0.4, -0.2) is 0 Å². The second-order valence-electron chi connectivity index (χ2n) is 2.14. The molecule has 1 rings (SSSR count). The quantitative estimate of drug-likeness (QED) is 0.621. The molecule has 0 aliphatic heterocycles. The Bertz CT molecular complexity index is 246. The van der Waals surface area contributed by atoms with Gasteiger partial charge in [0.2, 0.25) is 0 Å². The minimum absolute atomic E-state index is 0.898. The van der Waals surface area contributed by atoms with Crippen LogP contribution in [0.25, 0.3) is 0 Å². The zero-order valence-electron chi connectivity index (χ0n) is 7.78. The van der Waals surface area contributed by atoms with Crippen LogP contribution in [0.4, 0.5) is 0 Å². The molecule has 13 heavy (non-hydrogen) atoms. The predicted molar refractivity (Wildman–Crippen MR) is 70.8 cm³/mol. The van der Waals surface area contributed by atoms with Gasteiger partial charge in [0.15, 0.2) is 0 Å². The first kappa shape index (κ1) is 13.7. The molecular formula is C10H13Br3. The summed E-state index contributed by atoms with van der Waals surface area (Å²) in [7, 11) is 0. The fraction of sp³-hybridized carbons (Fsp3) is 0.400. The third-order valence-electron chi connectivity index (χ3n) is 1.49. The SMILES string of the molecule is BrCc1cccc(Br)c1CBr.CC. The van der Waals surface area contributed by atoms with Crippen molar-refractivity contribution in [3.8, 4) is 0 Å². The van der Waals surface area contributed by atoms with Gasteiger partial charge >= 0.3 is 0 Å². The van der Waals surface area contributed by atoms with E-state index in [1.165, 1.54) is 15.6 Å². The van der Waals surface area contributed by atoms with E-state index in [0.717, 1.165) is 10.7 Å². The van der Waals surface area contributed by atoms with Crippen LogP contribution in [0.1, 0.15) is 25.0 Å². The van der Waals surface area contributed by atoms with E-state index in [0.29, 0.717) is 0 Å². The van der Waals surface area contributed by atoms with Crippen molar-refractivity contribution in [2.75, 3.05) is 0 Å². The average Bonchev–Trinajstić information content (AvgIpc) is 2.20. The molecule has 3 heteroatoms. The maximum atomic E-state index is 3.50. The Morgan fingerprint density at radius 3 is 2.08 bits per heavy atom. The van der Waals surface area contributed by atoms with Crippen molar-refractivity contribution in [1.29, 1.82) is 0 Å². The highest BCUT2D eigenvalue weighted by atomic mass is 79.9. The van der Waals surface area contributed by atoms with Gasteiger partial charge in [-0.05, 0) is 17.2 Å². The summed E-state index contributed by atoms with van der Waals surface area (Å²) < 4.78 is 1.17. The van der Waals surface area contributed by atoms with Crippen LogP contribution in [0.2, 0.25) is 0 Å². The monoisotopic (exact) mass is 370 g/mol. The molecule has 0 nitrogen and oxygen atoms in total. The number of rotatable bonds is 2. The van der Waals surface area contributed by atoms with E-state index in [1.807, 2.05) is 19.9 Å². The zero-order chi connectivity index (χ0) is 10.3. The van der Waals surface area contributed by atoms with Crippen LogP contribution in [0, 0.1) is 0 Å². The lowest BCUT2D eigenvalue weighted by Crippen LogP contribution is -1.88. The van der Waals surface area contributed by atoms with Gasteiger partial charge in [0.25, 0.3) is 0 Å². The summed E-state index contributed by atoms with van der Waals surface area (Å²) in [4.78, 5) is 0. The van der Waals surface area contributed by atoms with E-state index in [4.69, 9.17) is 0 Å². The van der Waals surface area contributed by atoms with Crippen molar-refractivity contribution in [1.82, 2.24) is 0 Å². The fourth-order valence-electron chi connectivity index (χ4n) is 0.878. The molecule has 0 aliphatic carbocycles. The number of alkyl halides is 2. The molecule has 0 heterocycles. The summed E-state index contributed by atoms with van der Waals surface area (Å²) >= 11 is 10.4. The van der Waals surface area contributed by atoms with Crippen molar-refractivity contribution in [2.24, 2.45) is 0 Å². The van der Waals surface area contributed by atoms with E-state index in [9.17, 15) is 0 Å². The van der Waals surface area contributed by atoms with Gasteiger partial charge < -0.3 is 0 Å². The van der Waals surface area contributed by atoms with E-state index in [1.54, 1.807) is 0 Å². The molecule has 0 fully saturated rings. The van der Waals surface area contributed by atoms with Gasteiger partial charge in [-0.15, -0.1) is 0 Å². The van der Waals surface area contributed by atoms with Gasteiger partial charge in [0, 0.05) is 15.1 Å². The van der Waals surface area contributed by atoms with Gasteiger partial charge in [-0.3, -0.25) is 0 Å². The Hall–Kier alpha value is 0.660. The fourth-order valence-corrected chi connectivity index (χ4v) is 2.99. The molecule has 0 spiro atoms. The minimum atomic E-state index is 0.898. The van der Waals surface area contributed by atoms with Crippen LogP contribution in [0.5, 0.6) is 0 Å². The molecule has 0 radical (unpaired) electrons. The summed E-state index contributed by atoms with van der Waals surface area (Å²) in [5.74, 6) is 0. The first-order valence-corrected chi connectivity index (χ1v) is 7.21. The van der Waals surface area contributed by atoms with Crippen LogP contribution in [0.3, 0.4) is 0 Å². The van der Waals surface area contributed by atoms with Crippen LogP contribution in [0.15, 0.2) is 22.7 Å². The summed E-state index contributed by atoms with van der Waals surface area (Å²) in [5.41, 5.74) is 2.65. The Morgan fingerprint density at radius 1 is 1.08 bits per heavy atom. The third kappa shape index (κ3) is 4.13. The maximum Gasteiger partial charge on any atom is 0.0297 e. The minimum Gasteiger partial charge on any atom is -0.0876 e. The predicted octanol–water partition coefficient (Wildman–Crippen LogP) is 5.27. The topological polar surface area (TPSA) is 0 Å². The maximum absolute atomic E-state index is 3.50. The molecule has 74 valence electrons. The molecule has 0 aliphatic rings. The number of hydrogen-bond acceptors (Lipinski definition) is 0. The molecule has 1 aromatic carbocycles. The number of benzene rings is 1. The van der Waals surface area contributed by atoms with Gasteiger partial charge in [-0.1, -0.05) is 73.8 Å². The highest BCUT2D eigenvalue weighted by molar-refractivity contribution is 9.10. The van der Waals surface area contributed by atoms with Gasteiger partial charge in [-0.25, -0.2) is 0 Å². The lowest BCUT2D eigenvalue weighted by atomic mass is 10.1. The molecule has 0 bridgehead atoms. The van der Waals surface area contributed by atoms with E-state index in [2.05, 4.69) is 59.9 Å². The van der Waals surface area contributed by atoms with Crippen LogP contribution < -0.4 is 0 Å². The Labute approximate surface area is 105 Å². The van der Waals surface area contributed by atoms with Gasteiger partial charge in [0.1, 0.15) is 0 Å². The molecule has 0 unspecified atom stereocenters. The van der Waals surface area contributed by atoms with Crippen molar-refractivity contribution >= 4 is 47.8 Å². The number of halogens is 3. The Kier molecular flexibility index (Phi) is 8.42. The largest absolute Gasteiger partial charge is 0.0876 e. The van der Waals surface area contributed by atoms with Crippen molar-refractivity contribution < 1.29 is 0 Å². The summed E-state index contributed by atoms with van der Waals surface area (Å²) in [5, 5.41) is 1.81. The first-order chi connectivity index (χ1) is 6.29. The molecule has 0 aromatic heterocycles. The van der Waals surface area contributed by atoms with Crippen molar-refractivity contribution in [3.63, 3.8) is 0 Å². The standard InChI is InChI=1S/C8H7Br3.C2H6/c9-4-6-2-1-3-8(11)7(6)5-10;1-2/h1-3H,4-5H2;1-2H3. The first-order valence-electron chi connectivity index (χ1n) is 4.17. The average molecular weight is 373 g/mol. The Balaban J connectivity index is 0.000000671. The van der Waals surface area contributed by atoms with Crippen molar-refractivity contribution in [2.45, 2.75) is 24.5 Å². The molecule has 1 aromatic rings. The van der Waals surface area contributed by atoms with Crippen LogP contribution in [-0.2, 0) is 10.7 Å². The summed E-state index contributed by atoms with van der Waals surface area (Å²) in [6, 6.07) is 6.23. The number of hydrogen-bond donors (Lipinski definition) is 0. The van der Waals surface area contributed by atoms with Gasteiger partial charge in [-0.2, -0.15) is 0 Å². The van der Waals surface area contributed by atoms with Crippen molar-refractivity contribution in [3.05, 3.63) is 33.8 Å². The molecule has 0 N–H and O–H groups in total. The lowest BCUT2D eigenvalue weighted by Gasteiger charge is -2.05. The third-order valence-corrected chi connectivity index (χ3v) is 3.40. The normalized spacial score (nSPS) is 9.00. The Morgan fingerprint density at radius 2 is 1.69 bits per heavy atom. The molecule has 0 saturated heterocycles. The summed E-state index contributed by atoms with van der Waals surface area (Å²) in [6.07, 6.45) is 0. The second kappa shape index (κ2) is 8.01. The second-order valence-corrected chi connectivity index (χ2v) is 4.12. The van der Waals surface area contributed by atoms with E-state index >= 15 is 0 Å². The van der Waals surface area contributed by atoms with Crippen LogP contribution >= 0.6 is 47.8 Å². The summed E-state index contributed by atoms with van der Waals surface area (Å²) in [6.45, 7) is 4.00. The smallest absolute Gasteiger partial charge is 0.0297 e. The van der Waals surface area contributed by atoms with Gasteiger partial charge in [0.05, 0.1) is 0 Å². The van der Waals surface area contributed by atoms with E-state index in [-0.39, 0.29) is 0 Å².